The molecule has 1 heterocycles. The van der Waals surface area contributed by atoms with Gasteiger partial charge in [-0.15, -0.1) is 11.3 Å². The summed E-state index contributed by atoms with van der Waals surface area (Å²) in [4.78, 5) is 16.3. The van der Waals surface area contributed by atoms with Crippen LogP contribution < -0.4 is 5.32 Å². The van der Waals surface area contributed by atoms with Crippen LogP contribution in [-0.2, 0) is 0 Å². The van der Waals surface area contributed by atoms with Crippen molar-refractivity contribution in [1.29, 1.82) is 0 Å². The van der Waals surface area contributed by atoms with Gasteiger partial charge in [0.2, 0.25) is 0 Å². The Labute approximate surface area is 129 Å². The molecule has 3 rings (SSSR count). The zero-order valence-electron chi connectivity index (χ0n) is 11.3. The van der Waals surface area contributed by atoms with Crippen LogP contribution in [0.5, 0.6) is 5.75 Å². The van der Waals surface area contributed by atoms with E-state index in [0.717, 1.165) is 5.56 Å². The summed E-state index contributed by atoms with van der Waals surface area (Å²) in [6.45, 7) is 0. The van der Waals surface area contributed by atoms with Crippen LogP contribution in [-0.4, -0.2) is 16.0 Å². The van der Waals surface area contributed by atoms with Crippen LogP contribution in [0.15, 0.2) is 53.9 Å². The number of carbonyl (C=O) groups excluding carboxylic acids is 1. The van der Waals surface area contributed by atoms with Gasteiger partial charge in [-0.3, -0.25) is 10.1 Å². The molecule has 3 aromatic rings. The normalized spacial score (nSPS) is 10.4. The minimum atomic E-state index is -0.466. The van der Waals surface area contributed by atoms with Crippen molar-refractivity contribution in [2.45, 2.75) is 0 Å². The van der Waals surface area contributed by atoms with Crippen molar-refractivity contribution in [2.75, 3.05) is 5.32 Å². The number of benzene rings is 2. The van der Waals surface area contributed by atoms with E-state index in [2.05, 4.69) is 10.3 Å². The number of aromatic hydroxyl groups is 1. The highest BCUT2D eigenvalue weighted by Gasteiger charge is 2.10. The highest BCUT2D eigenvalue weighted by molar-refractivity contribution is 7.14. The van der Waals surface area contributed by atoms with Gasteiger partial charge in [0.15, 0.2) is 5.13 Å². The summed E-state index contributed by atoms with van der Waals surface area (Å²) in [5.41, 5.74) is 1.63. The quantitative estimate of drug-likeness (QED) is 0.770. The topological polar surface area (TPSA) is 62.2 Å². The van der Waals surface area contributed by atoms with Crippen LogP contribution in [0, 0.1) is 5.82 Å². The van der Waals surface area contributed by atoms with E-state index in [1.54, 1.807) is 23.6 Å². The molecule has 2 N–H and O–H groups in total. The molecule has 0 aliphatic carbocycles. The van der Waals surface area contributed by atoms with E-state index in [-0.39, 0.29) is 11.3 Å². The highest BCUT2D eigenvalue weighted by atomic mass is 32.1. The smallest absolute Gasteiger partial charge is 0.257 e. The highest BCUT2D eigenvalue weighted by Crippen LogP contribution is 2.27. The first-order valence-corrected chi connectivity index (χ1v) is 7.31. The fraction of sp³-hybridized carbons (Fsp3) is 0. The number of phenolic OH excluding ortho intramolecular Hbond substituents is 1. The first kappa shape index (κ1) is 14.2. The fourth-order valence-corrected chi connectivity index (χ4v) is 2.64. The summed E-state index contributed by atoms with van der Waals surface area (Å²) in [6.07, 6.45) is 0. The van der Waals surface area contributed by atoms with Crippen molar-refractivity contribution in [2.24, 2.45) is 0 Å². The number of halogens is 1. The number of hydrogen-bond donors (Lipinski definition) is 2. The summed E-state index contributed by atoms with van der Waals surface area (Å²) in [5, 5.41) is 14.3. The molecule has 0 spiro atoms. The Morgan fingerprint density at radius 2 is 2.00 bits per heavy atom. The van der Waals surface area contributed by atoms with Crippen molar-refractivity contribution in [3.05, 3.63) is 65.3 Å². The third kappa shape index (κ3) is 3.12. The molecule has 0 aliphatic rings. The molecule has 0 saturated carbocycles. The lowest BCUT2D eigenvalue weighted by atomic mass is 10.2. The van der Waals surface area contributed by atoms with E-state index in [1.165, 1.54) is 35.6 Å². The van der Waals surface area contributed by atoms with Crippen molar-refractivity contribution in [3.8, 4) is 17.0 Å². The largest absolute Gasteiger partial charge is 0.508 e. The molecule has 0 unspecified atom stereocenters. The van der Waals surface area contributed by atoms with Gasteiger partial charge in [-0.05, 0) is 30.3 Å². The van der Waals surface area contributed by atoms with E-state index in [4.69, 9.17) is 0 Å². The Kier molecular flexibility index (Phi) is 3.84. The Hall–Kier alpha value is -2.73. The van der Waals surface area contributed by atoms with Gasteiger partial charge in [0.05, 0.1) is 5.69 Å². The van der Waals surface area contributed by atoms with Gasteiger partial charge in [-0.1, -0.05) is 18.2 Å². The number of carbonyl (C=O) groups is 1. The van der Waals surface area contributed by atoms with Crippen molar-refractivity contribution in [1.82, 2.24) is 4.98 Å². The van der Waals surface area contributed by atoms with Crippen LogP contribution >= 0.6 is 11.3 Å². The second kappa shape index (κ2) is 5.95. The second-order valence-electron chi connectivity index (χ2n) is 4.55. The molecule has 6 heteroatoms. The first-order valence-electron chi connectivity index (χ1n) is 6.44. The van der Waals surface area contributed by atoms with E-state index in [9.17, 15) is 14.3 Å². The number of nitrogens with one attached hydrogen (secondary N) is 1. The molecule has 2 aromatic carbocycles. The van der Waals surface area contributed by atoms with Gasteiger partial charge < -0.3 is 5.11 Å². The standard InChI is InChI=1S/C16H11FN2O2S/c17-12-5-1-4-11(7-12)15(21)19-16-18-14(9-22-16)10-3-2-6-13(20)8-10/h1-9,20H,(H,18,19,21). The molecule has 0 radical (unpaired) electrons. The lowest BCUT2D eigenvalue weighted by Crippen LogP contribution is -2.11. The molecule has 22 heavy (non-hydrogen) atoms. The molecule has 0 aliphatic heterocycles. The maximum absolute atomic E-state index is 13.1. The summed E-state index contributed by atoms with van der Waals surface area (Å²) in [6, 6.07) is 12.1. The molecule has 4 nitrogen and oxygen atoms in total. The number of hydrogen-bond acceptors (Lipinski definition) is 4. The Balaban J connectivity index is 1.78. The molecular weight excluding hydrogens is 303 g/mol. The first-order chi connectivity index (χ1) is 10.6. The van der Waals surface area contributed by atoms with Crippen LogP contribution in [0.1, 0.15) is 10.4 Å². The molecule has 0 bridgehead atoms. The van der Waals surface area contributed by atoms with Crippen LogP contribution in [0.3, 0.4) is 0 Å². The van der Waals surface area contributed by atoms with E-state index < -0.39 is 11.7 Å². The lowest BCUT2D eigenvalue weighted by molar-refractivity contribution is 0.102. The van der Waals surface area contributed by atoms with Gasteiger partial charge in [-0.25, -0.2) is 9.37 Å². The lowest BCUT2D eigenvalue weighted by Gasteiger charge is -2.01. The third-order valence-corrected chi connectivity index (χ3v) is 3.71. The number of amides is 1. The molecule has 110 valence electrons. The van der Waals surface area contributed by atoms with Gasteiger partial charge in [0.1, 0.15) is 11.6 Å². The number of rotatable bonds is 3. The zero-order chi connectivity index (χ0) is 15.5. The average molecular weight is 314 g/mol. The Bertz CT molecular complexity index is 832. The molecule has 0 fully saturated rings. The number of phenols is 1. The Morgan fingerprint density at radius 1 is 1.18 bits per heavy atom. The molecule has 0 saturated heterocycles. The molecule has 1 aromatic heterocycles. The van der Waals surface area contributed by atoms with Crippen LogP contribution in [0.2, 0.25) is 0 Å². The Morgan fingerprint density at radius 3 is 2.77 bits per heavy atom. The van der Waals surface area contributed by atoms with E-state index in [0.29, 0.717) is 10.8 Å². The minimum Gasteiger partial charge on any atom is -0.508 e. The van der Waals surface area contributed by atoms with Crippen molar-refractivity contribution < 1.29 is 14.3 Å². The second-order valence-corrected chi connectivity index (χ2v) is 5.41. The van der Waals surface area contributed by atoms with Crippen LogP contribution in [0.25, 0.3) is 11.3 Å². The fourth-order valence-electron chi connectivity index (χ4n) is 1.93. The number of anilines is 1. The van der Waals surface area contributed by atoms with Crippen LogP contribution in [0.4, 0.5) is 9.52 Å². The summed E-state index contributed by atoms with van der Waals surface area (Å²) in [7, 11) is 0. The number of aromatic nitrogens is 1. The van der Waals surface area contributed by atoms with Crippen molar-refractivity contribution >= 4 is 22.4 Å². The van der Waals surface area contributed by atoms with Gasteiger partial charge in [0.25, 0.3) is 5.91 Å². The van der Waals surface area contributed by atoms with Gasteiger partial charge in [0, 0.05) is 16.5 Å². The molecule has 1 amide bonds. The van der Waals surface area contributed by atoms with E-state index >= 15 is 0 Å². The predicted octanol–water partition coefficient (Wildman–Crippen LogP) is 3.91. The zero-order valence-corrected chi connectivity index (χ0v) is 12.1. The van der Waals surface area contributed by atoms with Crippen molar-refractivity contribution in [3.63, 3.8) is 0 Å². The maximum Gasteiger partial charge on any atom is 0.257 e. The molecular formula is C16H11FN2O2S. The molecule has 0 atom stereocenters. The monoisotopic (exact) mass is 314 g/mol. The summed E-state index contributed by atoms with van der Waals surface area (Å²) >= 11 is 1.26. The minimum absolute atomic E-state index is 0.149. The third-order valence-electron chi connectivity index (χ3n) is 2.95. The number of nitrogens with zero attached hydrogens (tertiary/aromatic N) is 1. The maximum atomic E-state index is 13.1. The summed E-state index contributed by atoms with van der Waals surface area (Å²) < 4.78 is 13.1. The SMILES string of the molecule is O=C(Nc1nc(-c2cccc(O)c2)cs1)c1cccc(F)c1. The van der Waals surface area contributed by atoms with Gasteiger partial charge >= 0.3 is 0 Å². The average Bonchev–Trinajstić information content (AvgIpc) is 2.96. The number of thiazole rings is 1. The van der Waals surface area contributed by atoms with Gasteiger partial charge in [-0.2, -0.15) is 0 Å². The van der Waals surface area contributed by atoms with E-state index in [1.807, 2.05) is 6.07 Å². The summed E-state index contributed by atoms with van der Waals surface area (Å²) in [5.74, 6) is -0.737. The predicted molar refractivity (Wildman–Crippen MR) is 83.6 cm³/mol.